The van der Waals surface area contributed by atoms with E-state index in [4.69, 9.17) is 0 Å². The van der Waals surface area contributed by atoms with E-state index in [0.29, 0.717) is 0 Å². The Balaban J connectivity index is 0.00000341. The van der Waals surface area contributed by atoms with Crippen molar-refractivity contribution >= 4 is 21.5 Å². The van der Waals surface area contributed by atoms with Crippen molar-refractivity contribution in [1.82, 2.24) is 0 Å². The summed E-state index contributed by atoms with van der Waals surface area (Å²) in [6.07, 6.45) is 11.3. The number of benzene rings is 2. The zero-order valence-electron chi connectivity index (χ0n) is 18.8. The Morgan fingerprint density at radius 1 is 0.935 bits per heavy atom. The zero-order chi connectivity index (χ0) is 21.4. The molecule has 0 saturated carbocycles. The monoisotopic (exact) mass is 452 g/mol. The van der Waals surface area contributed by atoms with Crippen molar-refractivity contribution in [3.05, 3.63) is 54.1 Å². The van der Waals surface area contributed by atoms with E-state index in [9.17, 15) is 13.0 Å². The van der Waals surface area contributed by atoms with Gasteiger partial charge in [0.2, 0.25) is 0 Å². The first-order valence-electron chi connectivity index (χ1n) is 11.2. The van der Waals surface area contributed by atoms with Crippen molar-refractivity contribution < 1.29 is 42.5 Å². The van der Waals surface area contributed by atoms with Gasteiger partial charge in [0, 0.05) is 6.54 Å². The normalized spacial score (nSPS) is 15.3. The van der Waals surface area contributed by atoms with Crippen LogP contribution in [0.2, 0.25) is 0 Å². The maximum Gasteiger partial charge on any atom is 1.00 e. The van der Waals surface area contributed by atoms with Crippen LogP contribution in [0.5, 0.6) is 0 Å². The van der Waals surface area contributed by atoms with Gasteiger partial charge in [0.15, 0.2) is 0 Å². The van der Waals surface area contributed by atoms with Gasteiger partial charge in [-0.05, 0) is 36.6 Å². The van der Waals surface area contributed by atoms with Gasteiger partial charge in [-0.2, -0.15) is 0 Å². The summed E-state index contributed by atoms with van der Waals surface area (Å²) in [6.45, 7) is 2.98. The quantitative estimate of drug-likeness (QED) is 0.305. The number of fused-ring (bicyclic) bond motifs is 1. The third-order valence-electron chi connectivity index (χ3n) is 5.79. The molecule has 0 aliphatic carbocycles. The minimum atomic E-state index is -4.46. The predicted molar refractivity (Wildman–Crippen MR) is 122 cm³/mol. The molecule has 3 rings (SSSR count). The van der Waals surface area contributed by atoms with Gasteiger partial charge in [-0.25, -0.2) is 8.42 Å². The van der Waals surface area contributed by atoms with E-state index in [1.54, 1.807) is 6.07 Å². The standard InChI is InChI=1S/C24H34N2O3S.Na/c1-2-3-4-5-6-7-8-12-15-24-25-22-18-21(30(27,28)29)16-17-23(22)26(24)19-20-13-10-9-11-14-20;/h9-11,13-14,16-18,24-25H,2-8,12,15,19H2,1H3,(H,27,28,29);/q;+1/p-1. The van der Waals surface area contributed by atoms with Crippen LogP contribution >= 0.6 is 0 Å². The summed E-state index contributed by atoms with van der Waals surface area (Å²) in [5, 5.41) is 3.46. The van der Waals surface area contributed by atoms with Crippen LogP contribution in [0.15, 0.2) is 53.4 Å². The van der Waals surface area contributed by atoms with Gasteiger partial charge < -0.3 is 14.8 Å². The van der Waals surface area contributed by atoms with E-state index in [1.165, 1.54) is 62.6 Å². The van der Waals surface area contributed by atoms with Crippen LogP contribution in [0.3, 0.4) is 0 Å². The van der Waals surface area contributed by atoms with Gasteiger partial charge in [-0.3, -0.25) is 0 Å². The molecular formula is C24H33N2NaO3S. The summed E-state index contributed by atoms with van der Waals surface area (Å²) in [5.74, 6) is 0. The Hall–Kier alpha value is -1.05. The molecule has 0 bridgehead atoms. The summed E-state index contributed by atoms with van der Waals surface area (Å²) in [5.41, 5.74) is 2.89. The molecule has 31 heavy (non-hydrogen) atoms. The second kappa shape index (κ2) is 12.9. The zero-order valence-corrected chi connectivity index (χ0v) is 21.7. The fourth-order valence-electron chi connectivity index (χ4n) is 4.14. The molecule has 0 fully saturated rings. The topological polar surface area (TPSA) is 72.5 Å². The van der Waals surface area contributed by atoms with Crippen molar-refractivity contribution in [1.29, 1.82) is 0 Å². The second-order valence-electron chi connectivity index (χ2n) is 8.17. The Labute approximate surface area is 209 Å². The van der Waals surface area contributed by atoms with Crippen LogP contribution in [0.1, 0.15) is 70.3 Å². The minimum absolute atomic E-state index is 0. The van der Waals surface area contributed by atoms with Gasteiger partial charge in [-0.1, -0.05) is 82.2 Å². The Morgan fingerprint density at radius 2 is 1.58 bits per heavy atom. The van der Waals surface area contributed by atoms with Crippen molar-refractivity contribution in [2.24, 2.45) is 0 Å². The van der Waals surface area contributed by atoms with E-state index < -0.39 is 10.1 Å². The van der Waals surface area contributed by atoms with Crippen LogP contribution < -0.4 is 39.8 Å². The predicted octanol–water partition coefficient (Wildman–Crippen LogP) is 2.88. The van der Waals surface area contributed by atoms with E-state index in [1.807, 2.05) is 18.2 Å². The molecule has 1 unspecified atom stereocenters. The Kier molecular flexibility index (Phi) is 10.9. The largest absolute Gasteiger partial charge is 1.00 e. The van der Waals surface area contributed by atoms with Crippen molar-refractivity contribution in [3.8, 4) is 0 Å². The van der Waals surface area contributed by atoms with Gasteiger partial charge in [0.05, 0.1) is 22.4 Å². The molecule has 0 saturated heterocycles. The maximum absolute atomic E-state index is 11.4. The minimum Gasteiger partial charge on any atom is -0.744 e. The number of nitrogens with zero attached hydrogens (tertiary/aromatic N) is 1. The first-order valence-corrected chi connectivity index (χ1v) is 12.6. The van der Waals surface area contributed by atoms with Gasteiger partial charge >= 0.3 is 29.6 Å². The summed E-state index contributed by atoms with van der Waals surface area (Å²) in [6, 6.07) is 14.9. The fourth-order valence-corrected chi connectivity index (χ4v) is 4.63. The Morgan fingerprint density at radius 3 is 2.23 bits per heavy atom. The molecule has 7 heteroatoms. The van der Waals surface area contributed by atoms with E-state index >= 15 is 0 Å². The summed E-state index contributed by atoms with van der Waals surface area (Å²) in [7, 11) is -4.46. The molecule has 5 nitrogen and oxygen atoms in total. The van der Waals surface area contributed by atoms with Crippen LogP contribution in [0.25, 0.3) is 0 Å². The molecule has 0 aromatic heterocycles. The first-order chi connectivity index (χ1) is 14.5. The average Bonchev–Trinajstić information content (AvgIpc) is 3.07. The van der Waals surface area contributed by atoms with Crippen LogP contribution in [0, 0.1) is 0 Å². The Bertz CT molecular complexity index is 906. The third kappa shape index (κ3) is 7.79. The van der Waals surface area contributed by atoms with E-state index in [-0.39, 0.29) is 40.6 Å². The molecule has 1 aliphatic heterocycles. The number of hydrogen-bond acceptors (Lipinski definition) is 5. The molecule has 1 heterocycles. The maximum atomic E-state index is 11.4. The molecule has 1 atom stereocenters. The van der Waals surface area contributed by atoms with Crippen molar-refractivity contribution in [2.45, 2.75) is 82.3 Å². The molecule has 164 valence electrons. The molecule has 1 aliphatic rings. The number of anilines is 2. The molecule has 1 N–H and O–H groups in total. The molecule has 2 aromatic rings. The molecule has 0 spiro atoms. The summed E-state index contributed by atoms with van der Waals surface area (Å²) < 4.78 is 34.3. The van der Waals surface area contributed by atoms with Gasteiger partial charge in [-0.15, -0.1) is 0 Å². The number of rotatable bonds is 12. The summed E-state index contributed by atoms with van der Waals surface area (Å²) in [4.78, 5) is 2.11. The molecule has 0 amide bonds. The molecule has 2 aromatic carbocycles. The van der Waals surface area contributed by atoms with Crippen LogP contribution in [-0.4, -0.2) is 19.1 Å². The average molecular weight is 453 g/mol. The summed E-state index contributed by atoms with van der Waals surface area (Å²) >= 11 is 0. The van der Waals surface area contributed by atoms with Gasteiger partial charge in [0.1, 0.15) is 10.1 Å². The molecule has 0 radical (unpaired) electrons. The van der Waals surface area contributed by atoms with Crippen molar-refractivity contribution in [3.63, 3.8) is 0 Å². The molecular weight excluding hydrogens is 419 g/mol. The smallest absolute Gasteiger partial charge is 0.744 e. The fraction of sp³-hybridized carbons (Fsp3) is 0.500. The van der Waals surface area contributed by atoms with E-state index in [0.717, 1.165) is 30.8 Å². The third-order valence-corrected chi connectivity index (χ3v) is 6.62. The SMILES string of the molecule is CCCCCCCCCCC1Nc2cc(S(=O)(=O)[O-])ccc2N1Cc1ccccc1.[Na+]. The second-order valence-corrected chi connectivity index (χ2v) is 9.55. The first kappa shape index (κ1) is 26.2. The van der Waals surface area contributed by atoms with E-state index in [2.05, 4.69) is 29.3 Å². The van der Waals surface area contributed by atoms with Gasteiger partial charge in [0.25, 0.3) is 0 Å². The number of hydrogen-bond donors (Lipinski definition) is 1. The van der Waals surface area contributed by atoms with Crippen molar-refractivity contribution in [2.75, 3.05) is 10.2 Å². The van der Waals surface area contributed by atoms with Crippen LogP contribution in [0.4, 0.5) is 11.4 Å². The number of nitrogens with one attached hydrogen (secondary N) is 1. The van der Waals surface area contributed by atoms with Crippen LogP contribution in [-0.2, 0) is 16.7 Å². The number of unbranched alkanes of at least 4 members (excludes halogenated alkanes) is 7.